The van der Waals surface area contributed by atoms with Crippen LogP contribution in [0.25, 0.3) is 0 Å². The van der Waals surface area contributed by atoms with Crippen LogP contribution in [0.1, 0.15) is 33.6 Å². The molecule has 14 heavy (non-hydrogen) atoms. The van der Waals surface area contributed by atoms with E-state index in [1.54, 1.807) is 0 Å². The van der Waals surface area contributed by atoms with Gasteiger partial charge >= 0.3 is 0 Å². The van der Waals surface area contributed by atoms with Crippen LogP contribution in [0.3, 0.4) is 0 Å². The third kappa shape index (κ3) is 3.29. The molecule has 82 valence electrons. The molecule has 0 radical (unpaired) electrons. The summed E-state index contributed by atoms with van der Waals surface area (Å²) in [6.07, 6.45) is 2.35. The van der Waals surface area contributed by atoms with Crippen molar-refractivity contribution in [2.45, 2.75) is 39.7 Å². The molecule has 1 saturated heterocycles. The first kappa shape index (κ1) is 11.5. The SMILES string of the molecule is CC(C)CNC(=O)C1NCCCC1C. The van der Waals surface area contributed by atoms with Crippen molar-refractivity contribution >= 4 is 5.91 Å². The Morgan fingerprint density at radius 3 is 2.86 bits per heavy atom. The fourth-order valence-electron chi connectivity index (χ4n) is 1.82. The van der Waals surface area contributed by atoms with E-state index in [1.807, 2.05) is 0 Å². The molecule has 1 rings (SSSR count). The van der Waals surface area contributed by atoms with Gasteiger partial charge in [0.15, 0.2) is 0 Å². The van der Waals surface area contributed by atoms with Gasteiger partial charge < -0.3 is 10.6 Å². The second-order valence-corrected chi connectivity index (χ2v) is 4.69. The lowest BCUT2D eigenvalue weighted by Gasteiger charge is -2.29. The topological polar surface area (TPSA) is 41.1 Å². The molecule has 2 atom stereocenters. The highest BCUT2D eigenvalue weighted by Crippen LogP contribution is 2.15. The van der Waals surface area contributed by atoms with E-state index < -0.39 is 0 Å². The number of rotatable bonds is 3. The maximum Gasteiger partial charge on any atom is 0.237 e. The average Bonchev–Trinajstić information content (AvgIpc) is 2.15. The minimum atomic E-state index is 0.0301. The highest BCUT2D eigenvalue weighted by atomic mass is 16.2. The molecule has 2 N–H and O–H groups in total. The molecule has 0 bridgehead atoms. The summed E-state index contributed by atoms with van der Waals surface area (Å²) < 4.78 is 0. The van der Waals surface area contributed by atoms with Gasteiger partial charge in [-0.1, -0.05) is 20.8 Å². The molecule has 2 unspecified atom stereocenters. The third-order valence-electron chi connectivity index (χ3n) is 2.74. The normalized spacial score (nSPS) is 27.7. The van der Waals surface area contributed by atoms with E-state index in [1.165, 1.54) is 6.42 Å². The Balaban J connectivity index is 2.34. The van der Waals surface area contributed by atoms with E-state index in [4.69, 9.17) is 0 Å². The highest BCUT2D eigenvalue weighted by Gasteiger charge is 2.26. The Morgan fingerprint density at radius 2 is 2.29 bits per heavy atom. The van der Waals surface area contributed by atoms with E-state index in [-0.39, 0.29) is 11.9 Å². The van der Waals surface area contributed by atoms with E-state index >= 15 is 0 Å². The number of hydrogen-bond donors (Lipinski definition) is 2. The first-order valence-corrected chi connectivity index (χ1v) is 5.62. The van der Waals surface area contributed by atoms with Gasteiger partial charge in [0.1, 0.15) is 0 Å². The zero-order chi connectivity index (χ0) is 10.6. The molecule has 1 aliphatic heterocycles. The largest absolute Gasteiger partial charge is 0.354 e. The van der Waals surface area contributed by atoms with E-state index in [0.29, 0.717) is 11.8 Å². The molecule has 1 amide bonds. The van der Waals surface area contributed by atoms with Gasteiger partial charge in [-0.2, -0.15) is 0 Å². The summed E-state index contributed by atoms with van der Waals surface area (Å²) in [7, 11) is 0. The van der Waals surface area contributed by atoms with E-state index in [9.17, 15) is 4.79 Å². The third-order valence-corrected chi connectivity index (χ3v) is 2.74. The Kier molecular flexibility index (Phi) is 4.39. The molecule has 1 fully saturated rings. The van der Waals surface area contributed by atoms with Crippen LogP contribution in [0.15, 0.2) is 0 Å². The van der Waals surface area contributed by atoms with Crippen LogP contribution in [0, 0.1) is 11.8 Å². The van der Waals surface area contributed by atoms with Crippen molar-refractivity contribution < 1.29 is 4.79 Å². The van der Waals surface area contributed by atoms with Crippen molar-refractivity contribution in [3.63, 3.8) is 0 Å². The first-order chi connectivity index (χ1) is 6.61. The van der Waals surface area contributed by atoms with Crippen LogP contribution in [0.2, 0.25) is 0 Å². The second-order valence-electron chi connectivity index (χ2n) is 4.69. The number of carbonyl (C=O) groups is 1. The fourth-order valence-corrected chi connectivity index (χ4v) is 1.82. The monoisotopic (exact) mass is 198 g/mol. The van der Waals surface area contributed by atoms with Crippen molar-refractivity contribution in [2.75, 3.05) is 13.1 Å². The van der Waals surface area contributed by atoms with Gasteiger partial charge in [-0.25, -0.2) is 0 Å². The summed E-state index contributed by atoms with van der Waals surface area (Å²) in [5, 5.41) is 6.26. The standard InChI is InChI=1S/C11H22N2O/c1-8(2)7-13-11(14)10-9(3)5-4-6-12-10/h8-10,12H,4-7H2,1-3H3,(H,13,14). The van der Waals surface area contributed by atoms with Crippen molar-refractivity contribution in [1.82, 2.24) is 10.6 Å². The zero-order valence-corrected chi connectivity index (χ0v) is 9.47. The van der Waals surface area contributed by atoms with Gasteiger partial charge in [-0.05, 0) is 31.2 Å². The predicted octanol–water partition coefficient (Wildman–Crippen LogP) is 1.15. The molecule has 3 nitrogen and oxygen atoms in total. The molecule has 0 aromatic rings. The van der Waals surface area contributed by atoms with E-state index in [2.05, 4.69) is 31.4 Å². The molecule has 1 aliphatic rings. The lowest BCUT2D eigenvalue weighted by atomic mass is 9.92. The lowest BCUT2D eigenvalue weighted by molar-refractivity contribution is -0.125. The zero-order valence-electron chi connectivity index (χ0n) is 9.47. The molecular formula is C11H22N2O. The molecule has 0 aromatic heterocycles. The highest BCUT2D eigenvalue weighted by molar-refractivity contribution is 5.82. The Bertz CT molecular complexity index is 192. The van der Waals surface area contributed by atoms with Gasteiger partial charge in [-0.15, -0.1) is 0 Å². The van der Waals surface area contributed by atoms with Crippen LogP contribution in [-0.2, 0) is 4.79 Å². The summed E-state index contributed by atoms with van der Waals surface area (Å²) in [4.78, 5) is 11.7. The fraction of sp³-hybridized carbons (Fsp3) is 0.909. The van der Waals surface area contributed by atoms with Gasteiger partial charge in [0.2, 0.25) is 5.91 Å². The maximum atomic E-state index is 11.7. The van der Waals surface area contributed by atoms with Crippen LogP contribution < -0.4 is 10.6 Å². The summed E-state index contributed by atoms with van der Waals surface area (Å²) in [6.45, 7) is 8.12. The summed E-state index contributed by atoms with van der Waals surface area (Å²) >= 11 is 0. The van der Waals surface area contributed by atoms with Gasteiger partial charge in [0.25, 0.3) is 0 Å². The molecule has 0 aromatic carbocycles. The quantitative estimate of drug-likeness (QED) is 0.714. The molecule has 0 spiro atoms. The van der Waals surface area contributed by atoms with Crippen LogP contribution in [0.4, 0.5) is 0 Å². The number of carbonyl (C=O) groups excluding carboxylic acids is 1. The lowest BCUT2D eigenvalue weighted by Crippen LogP contribution is -2.51. The van der Waals surface area contributed by atoms with E-state index in [0.717, 1.165) is 19.5 Å². The smallest absolute Gasteiger partial charge is 0.237 e. The van der Waals surface area contributed by atoms with Crippen LogP contribution in [0.5, 0.6) is 0 Å². The Labute approximate surface area is 86.6 Å². The maximum absolute atomic E-state index is 11.7. The van der Waals surface area contributed by atoms with Gasteiger partial charge in [0.05, 0.1) is 6.04 Å². The van der Waals surface area contributed by atoms with Crippen molar-refractivity contribution in [2.24, 2.45) is 11.8 Å². The summed E-state index contributed by atoms with van der Waals surface area (Å²) in [5.41, 5.74) is 0. The average molecular weight is 198 g/mol. The van der Waals surface area contributed by atoms with Crippen molar-refractivity contribution in [3.8, 4) is 0 Å². The number of hydrogen-bond acceptors (Lipinski definition) is 2. The van der Waals surface area contributed by atoms with Crippen LogP contribution >= 0.6 is 0 Å². The van der Waals surface area contributed by atoms with Crippen molar-refractivity contribution in [3.05, 3.63) is 0 Å². The molecular weight excluding hydrogens is 176 g/mol. The molecule has 1 heterocycles. The molecule has 3 heteroatoms. The Hall–Kier alpha value is -0.570. The number of nitrogens with one attached hydrogen (secondary N) is 2. The first-order valence-electron chi connectivity index (χ1n) is 5.62. The second kappa shape index (κ2) is 5.35. The van der Waals surface area contributed by atoms with Crippen LogP contribution in [-0.4, -0.2) is 25.0 Å². The number of piperidine rings is 1. The van der Waals surface area contributed by atoms with Gasteiger partial charge in [0, 0.05) is 6.54 Å². The number of amides is 1. The Morgan fingerprint density at radius 1 is 1.57 bits per heavy atom. The van der Waals surface area contributed by atoms with Crippen molar-refractivity contribution in [1.29, 1.82) is 0 Å². The predicted molar refractivity (Wildman–Crippen MR) is 58.0 cm³/mol. The summed E-state index contributed by atoms with van der Waals surface area (Å²) in [6, 6.07) is 0.0301. The van der Waals surface area contributed by atoms with Gasteiger partial charge in [-0.3, -0.25) is 4.79 Å². The minimum Gasteiger partial charge on any atom is -0.354 e. The minimum absolute atomic E-state index is 0.0301. The summed E-state index contributed by atoms with van der Waals surface area (Å²) in [5.74, 6) is 1.17. The molecule has 0 aliphatic carbocycles. The molecule has 0 saturated carbocycles.